The highest BCUT2D eigenvalue weighted by Crippen LogP contribution is 2.39. The molecule has 0 saturated carbocycles. The van der Waals surface area contributed by atoms with Gasteiger partial charge in [0, 0.05) is 28.2 Å². The smallest absolute Gasteiger partial charge is 0.450 e. The van der Waals surface area contributed by atoms with Gasteiger partial charge in [-0.3, -0.25) is 4.90 Å². The van der Waals surface area contributed by atoms with Gasteiger partial charge in [0.2, 0.25) is 0 Å². The van der Waals surface area contributed by atoms with Gasteiger partial charge in [0.25, 0.3) is 0 Å². The predicted molar refractivity (Wildman–Crippen MR) is 117 cm³/mol. The van der Waals surface area contributed by atoms with Crippen LogP contribution in [0.25, 0.3) is 10.9 Å². The average molecular weight is 443 g/mol. The molecular formula is C23H23ClN2O5. The summed E-state index contributed by atoms with van der Waals surface area (Å²) in [6.07, 6.45) is -0.438. The topological polar surface area (TPSA) is 80.9 Å². The third-order valence-electron chi connectivity index (χ3n) is 5.25. The van der Waals surface area contributed by atoms with E-state index in [2.05, 4.69) is 4.98 Å². The summed E-state index contributed by atoms with van der Waals surface area (Å²) in [7, 11) is 0. The Labute approximate surface area is 184 Å². The van der Waals surface area contributed by atoms with Gasteiger partial charge in [-0.2, -0.15) is 0 Å². The minimum absolute atomic E-state index is 0.237. The summed E-state index contributed by atoms with van der Waals surface area (Å²) in [5.41, 5.74) is 3.89. The van der Waals surface area contributed by atoms with Crippen LogP contribution in [0, 0.1) is 0 Å². The van der Waals surface area contributed by atoms with Crippen molar-refractivity contribution in [2.45, 2.75) is 26.3 Å². The van der Waals surface area contributed by atoms with Crippen LogP contribution in [-0.4, -0.2) is 41.9 Å². The van der Waals surface area contributed by atoms with Crippen LogP contribution in [0.2, 0.25) is 5.02 Å². The number of carbonyl (C=O) groups is 2. The lowest BCUT2D eigenvalue weighted by molar-refractivity contribution is 0.0932. The monoisotopic (exact) mass is 442 g/mol. The molecule has 0 fully saturated rings. The summed E-state index contributed by atoms with van der Waals surface area (Å²) in [6, 6.07) is 12.4. The summed E-state index contributed by atoms with van der Waals surface area (Å²) in [5.74, 6) is 0.365. The zero-order valence-corrected chi connectivity index (χ0v) is 18.1. The number of aromatic nitrogens is 1. The Kier molecular flexibility index (Phi) is 6.04. The van der Waals surface area contributed by atoms with E-state index in [1.807, 2.05) is 30.3 Å². The van der Waals surface area contributed by atoms with Gasteiger partial charge in [0.15, 0.2) is 0 Å². The Bertz CT molecular complexity index is 1110. The van der Waals surface area contributed by atoms with Crippen molar-refractivity contribution in [3.05, 3.63) is 64.3 Å². The normalized spacial score (nSPS) is 15.5. The van der Waals surface area contributed by atoms with Crippen molar-refractivity contribution in [1.29, 1.82) is 0 Å². The second-order valence-electron chi connectivity index (χ2n) is 7.11. The van der Waals surface area contributed by atoms with E-state index in [4.69, 9.17) is 25.8 Å². The quantitative estimate of drug-likeness (QED) is 0.428. The van der Waals surface area contributed by atoms with Gasteiger partial charge >= 0.3 is 12.2 Å². The average Bonchev–Trinajstić information content (AvgIpc) is 3.12. The molecule has 1 N–H and O–H groups in total. The second kappa shape index (κ2) is 8.89. The van der Waals surface area contributed by atoms with Gasteiger partial charge in [-0.25, -0.2) is 9.59 Å². The number of nitrogens with one attached hydrogen (secondary N) is 1. The van der Waals surface area contributed by atoms with Crippen LogP contribution in [0.5, 0.6) is 5.75 Å². The summed E-state index contributed by atoms with van der Waals surface area (Å²) in [6.45, 7) is 4.54. The lowest BCUT2D eigenvalue weighted by Crippen LogP contribution is -2.40. The molecule has 1 aromatic heterocycles. The Morgan fingerprint density at radius 3 is 2.55 bits per heavy atom. The van der Waals surface area contributed by atoms with Gasteiger partial charge in [0.05, 0.1) is 13.2 Å². The van der Waals surface area contributed by atoms with Crippen LogP contribution in [-0.2, 0) is 15.9 Å². The summed E-state index contributed by atoms with van der Waals surface area (Å²) in [5, 5.41) is 1.72. The van der Waals surface area contributed by atoms with E-state index in [0.717, 1.165) is 27.7 Å². The molecule has 31 heavy (non-hydrogen) atoms. The Hall–Kier alpha value is -3.19. The number of hydrogen-bond acceptors (Lipinski definition) is 5. The lowest BCUT2D eigenvalue weighted by Gasteiger charge is -2.35. The first-order valence-corrected chi connectivity index (χ1v) is 10.6. The molecule has 7 nitrogen and oxygen atoms in total. The molecule has 0 bridgehead atoms. The molecule has 0 saturated heterocycles. The maximum Gasteiger partial charge on any atom is 0.513 e. The Morgan fingerprint density at radius 2 is 1.84 bits per heavy atom. The summed E-state index contributed by atoms with van der Waals surface area (Å²) in [4.78, 5) is 29.5. The van der Waals surface area contributed by atoms with E-state index < -0.39 is 6.16 Å². The fraction of sp³-hybridized carbons (Fsp3) is 0.304. The molecule has 1 amide bonds. The van der Waals surface area contributed by atoms with Crippen molar-refractivity contribution in [2.24, 2.45) is 0 Å². The third kappa shape index (κ3) is 4.18. The highest BCUT2D eigenvalue weighted by Gasteiger charge is 2.35. The van der Waals surface area contributed by atoms with E-state index >= 15 is 0 Å². The number of halogens is 1. The largest absolute Gasteiger partial charge is 0.513 e. The van der Waals surface area contributed by atoms with Crippen molar-refractivity contribution in [3.63, 3.8) is 0 Å². The molecular weight excluding hydrogens is 420 g/mol. The van der Waals surface area contributed by atoms with Crippen LogP contribution in [0.15, 0.2) is 42.5 Å². The Balaban J connectivity index is 1.74. The third-order valence-corrected chi connectivity index (χ3v) is 5.49. The molecule has 3 aromatic rings. The summed E-state index contributed by atoms with van der Waals surface area (Å²) < 4.78 is 15.3. The van der Waals surface area contributed by atoms with Crippen molar-refractivity contribution in [1.82, 2.24) is 9.88 Å². The van der Waals surface area contributed by atoms with Crippen LogP contribution in [0.1, 0.15) is 36.7 Å². The number of nitrogens with zero attached hydrogens (tertiary/aromatic N) is 1. The molecule has 1 aliphatic rings. The van der Waals surface area contributed by atoms with E-state index in [-0.39, 0.29) is 18.7 Å². The number of carbonyl (C=O) groups excluding carboxylic acids is 2. The van der Waals surface area contributed by atoms with Gasteiger partial charge in [0.1, 0.15) is 11.8 Å². The lowest BCUT2D eigenvalue weighted by atomic mass is 9.92. The van der Waals surface area contributed by atoms with Gasteiger partial charge in [-0.15, -0.1) is 0 Å². The molecule has 162 valence electrons. The highest BCUT2D eigenvalue weighted by atomic mass is 35.5. The van der Waals surface area contributed by atoms with Crippen LogP contribution in [0.3, 0.4) is 0 Å². The number of amides is 1. The van der Waals surface area contributed by atoms with Crippen molar-refractivity contribution < 1.29 is 23.8 Å². The molecule has 1 atom stereocenters. The van der Waals surface area contributed by atoms with E-state index in [1.165, 1.54) is 0 Å². The predicted octanol–water partition coefficient (Wildman–Crippen LogP) is 5.46. The van der Waals surface area contributed by atoms with Crippen LogP contribution < -0.4 is 4.74 Å². The number of ether oxygens (including phenoxy) is 3. The SMILES string of the molecule is CCOC(=O)Oc1ccc(C2c3[nH]c4ccc(Cl)cc4c3CCN2C(=O)OCC)cc1. The minimum atomic E-state index is -0.754. The molecule has 1 aliphatic heterocycles. The maximum atomic E-state index is 12.7. The molecule has 8 heteroatoms. The number of H-pyrrole nitrogens is 1. The van der Waals surface area contributed by atoms with E-state index in [1.54, 1.807) is 30.9 Å². The minimum Gasteiger partial charge on any atom is -0.450 e. The number of fused-ring (bicyclic) bond motifs is 3. The van der Waals surface area contributed by atoms with Crippen LogP contribution >= 0.6 is 11.6 Å². The molecule has 4 rings (SSSR count). The number of rotatable bonds is 4. The van der Waals surface area contributed by atoms with Crippen molar-refractivity contribution in [2.75, 3.05) is 19.8 Å². The molecule has 0 radical (unpaired) electrons. The van der Waals surface area contributed by atoms with E-state index in [0.29, 0.717) is 30.3 Å². The summed E-state index contributed by atoms with van der Waals surface area (Å²) >= 11 is 6.22. The van der Waals surface area contributed by atoms with Crippen molar-refractivity contribution >= 4 is 34.8 Å². The van der Waals surface area contributed by atoms with Gasteiger partial charge < -0.3 is 19.2 Å². The van der Waals surface area contributed by atoms with Gasteiger partial charge in [-0.05, 0) is 61.7 Å². The molecule has 0 spiro atoms. The Morgan fingerprint density at radius 1 is 1.10 bits per heavy atom. The molecule has 2 heterocycles. The fourth-order valence-corrected chi connectivity index (χ4v) is 4.14. The number of benzene rings is 2. The first kappa shape index (κ1) is 21.1. The molecule has 2 aromatic carbocycles. The zero-order valence-electron chi connectivity index (χ0n) is 17.3. The molecule has 1 unspecified atom stereocenters. The van der Waals surface area contributed by atoms with Crippen molar-refractivity contribution in [3.8, 4) is 5.75 Å². The van der Waals surface area contributed by atoms with Crippen LogP contribution in [0.4, 0.5) is 9.59 Å². The first-order valence-electron chi connectivity index (χ1n) is 10.2. The first-order chi connectivity index (χ1) is 15.0. The van der Waals surface area contributed by atoms with E-state index in [9.17, 15) is 9.59 Å². The number of aromatic amines is 1. The molecule has 0 aliphatic carbocycles. The maximum absolute atomic E-state index is 12.7. The highest BCUT2D eigenvalue weighted by molar-refractivity contribution is 6.31. The zero-order chi connectivity index (χ0) is 22.0. The number of hydrogen-bond donors (Lipinski definition) is 1. The fourth-order valence-electron chi connectivity index (χ4n) is 3.97. The second-order valence-corrected chi connectivity index (χ2v) is 7.54. The van der Waals surface area contributed by atoms with Gasteiger partial charge in [-0.1, -0.05) is 23.7 Å². The standard InChI is InChI=1S/C23H23ClN2O5/c1-3-29-22(27)26-12-11-17-18-13-15(24)7-10-19(18)25-20(17)21(26)14-5-8-16(9-6-14)31-23(28)30-4-2/h5-10,13,21,25H,3-4,11-12H2,1-2H3.